The molecule has 2 aliphatic heterocycles. The average molecular weight is 569 g/mol. The first kappa shape index (κ1) is 30.6. The number of rotatable bonds is 15. The first-order chi connectivity index (χ1) is 19.8. The molecule has 1 N–H and O–H groups in total. The number of aromatic nitrogens is 1. The second-order valence-electron chi connectivity index (χ2n) is 11.2. The van der Waals surface area contributed by atoms with Crippen LogP contribution in [0.5, 0.6) is 17.2 Å². The number of hydrogen-bond donors (Lipinski definition) is 1. The largest absolute Gasteiger partial charge is 0.493 e. The van der Waals surface area contributed by atoms with Crippen molar-refractivity contribution >= 4 is 11.9 Å². The van der Waals surface area contributed by atoms with Crippen LogP contribution in [-0.2, 0) is 16.0 Å². The van der Waals surface area contributed by atoms with E-state index in [-0.39, 0.29) is 31.2 Å². The topological polar surface area (TPSA) is 105 Å². The van der Waals surface area contributed by atoms with Gasteiger partial charge in [-0.3, -0.25) is 19.5 Å². The van der Waals surface area contributed by atoms with Crippen LogP contribution in [0.3, 0.4) is 0 Å². The summed E-state index contributed by atoms with van der Waals surface area (Å²) >= 11 is 0. The maximum absolute atomic E-state index is 13.7. The standard InChI is InChI=1S/C31H44N4O6/c1-5-6-15-34(16-9-14-33(2)3)28(36)20-35-19-24(22-17-26(39-4)30-27(18-22)40-21-41-30)29(31(37)38)25(35)12-11-23-10-7-8-13-32-23/h7-8,10,13,17-18,24-25,29H,5-6,9,11-12,14-16,19-21H2,1-4H3,(H,37,38)/t24-,25+,29?/m1/s1. The molecule has 0 saturated carbocycles. The molecule has 1 aromatic carbocycles. The molecule has 41 heavy (non-hydrogen) atoms. The minimum Gasteiger partial charge on any atom is -0.493 e. The highest BCUT2D eigenvalue weighted by molar-refractivity contribution is 5.79. The lowest BCUT2D eigenvalue weighted by Crippen LogP contribution is -2.45. The van der Waals surface area contributed by atoms with Crippen LogP contribution in [0.1, 0.15) is 49.8 Å². The summed E-state index contributed by atoms with van der Waals surface area (Å²) in [4.78, 5) is 37.2. The van der Waals surface area contributed by atoms with Gasteiger partial charge in [-0.2, -0.15) is 0 Å². The first-order valence-corrected chi connectivity index (χ1v) is 14.6. The Hall–Kier alpha value is -3.37. The molecule has 4 rings (SSSR count). The number of carbonyl (C=O) groups is 2. The molecule has 3 atom stereocenters. The zero-order chi connectivity index (χ0) is 29.4. The smallest absolute Gasteiger partial charge is 0.308 e. The molecule has 0 bridgehead atoms. The summed E-state index contributed by atoms with van der Waals surface area (Å²) in [6.45, 7) is 5.14. The number of methoxy groups -OCH3 is 1. The quantitative estimate of drug-likeness (QED) is 0.346. The van der Waals surface area contributed by atoms with Gasteiger partial charge in [0, 0.05) is 43.5 Å². The Balaban J connectivity index is 1.61. The fourth-order valence-electron chi connectivity index (χ4n) is 5.96. The monoisotopic (exact) mass is 568 g/mol. The molecule has 10 heteroatoms. The second-order valence-corrected chi connectivity index (χ2v) is 11.2. The number of hydrogen-bond acceptors (Lipinski definition) is 8. The van der Waals surface area contributed by atoms with Crippen molar-refractivity contribution < 1.29 is 28.9 Å². The van der Waals surface area contributed by atoms with E-state index in [2.05, 4.69) is 21.7 Å². The highest BCUT2D eigenvalue weighted by Gasteiger charge is 2.47. The van der Waals surface area contributed by atoms with Gasteiger partial charge in [0.1, 0.15) is 0 Å². The fraction of sp³-hybridized carbons (Fsp3) is 0.581. The number of ether oxygens (including phenoxy) is 3. The summed E-state index contributed by atoms with van der Waals surface area (Å²) in [5.41, 5.74) is 1.72. The van der Waals surface area contributed by atoms with Crippen molar-refractivity contribution in [2.24, 2.45) is 5.92 Å². The van der Waals surface area contributed by atoms with Crippen LogP contribution in [0.15, 0.2) is 36.5 Å². The molecule has 0 spiro atoms. The number of unbranched alkanes of at least 4 members (excludes halogenated alkanes) is 1. The van der Waals surface area contributed by atoms with Gasteiger partial charge in [-0.15, -0.1) is 0 Å². The van der Waals surface area contributed by atoms with Gasteiger partial charge >= 0.3 is 5.97 Å². The second kappa shape index (κ2) is 14.5. The molecule has 1 fully saturated rings. The van der Waals surface area contributed by atoms with Crippen molar-refractivity contribution in [2.45, 2.75) is 51.0 Å². The molecule has 1 aromatic heterocycles. The van der Waals surface area contributed by atoms with Crippen LogP contribution in [0.25, 0.3) is 0 Å². The van der Waals surface area contributed by atoms with Crippen LogP contribution >= 0.6 is 0 Å². The lowest BCUT2D eigenvalue weighted by Gasteiger charge is -2.30. The molecule has 1 saturated heterocycles. The molecule has 1 unspecified atom stereocenters. The van der Waals surface area contributed by atoms with Gasteiger partial charge in [-0.25, -0.2) is 0 Å². The van der Waals surface area contributed by atoms with E-state index >= 15 is 0 Å². The summed E-state index contributed by atoms with van der Waals surface area (Å²) < 4.78 is 16.8. The van der Waals surface area contributed by atoms with Crippen molar-refractivity contribution in [1.82, 2.24) is 19.7 Å². The summed E-state index contributed by atoms with van der Waals surface area (Å²) in [5, 5.41) is 10.5. The maximum Gasteiger partial charge on any atom is 0.308 e. The van der Waals surface area contributed by atoms with Gasteiger partial charge < -0.3 is 29.1 Å². The van der Waals surface area contributed by atoms with Gasteiger partial charge in [-0.1, -0.05) is 19.4 Å². The predicted molar refractivity (Wildman–Crippen MR) is 156 cm³/mol. The van der Waals surface area contributed by atoms with Crippen molar-refractivity contribution in [3.05, 3.63) is 47.8 Å². The fourth-order valence-corrected chi connectivity index (χ4v) is 5.96. The van der Waals surface area contributed by atoms with Gasteiger partial charge in [0.05, 0.1) is 19.6 Å². The molecule has 224 valence electrons. The van der Waals surface area contributed by atoms with E-state index in [9.17, 15) is 14.7 Å². The number of carboxylic acids is 1. The minimum atomic E-state index is -0.874. The van der Waals surface area contributed by atoms with Crippen molar-refractivity contribution in [1.29, 1.82) is 0 Å². The summed E-state index contributed by atoms with van der Waals surface area (Å²) in [7, 11) is 5.63. The maximum atomic E-state index is 13.7. The number of likely N-dealkylation sites (tertiary alicyclic amines) is 1. The normalized spacial score (nSPS) is 20.0. The Kier molecular flexibility index (Phi) is 10.8. The molecule has 1 amide bonds. The van der Waals surface area contributed by atoms with Crippen LogP contribution < -0.4 is 14.2 Å². The SMILES string of the molecule is CCCCN(CCCN(C)C)C(=O)CN1C[C@H](c2cc(OC)c3c(c2)OCO3)C(C(=O)O)[C@@H]1CCc1ccccn1. The van der Waals surface area contributed by atoms with Crippen LogP contribution in [0.4, 0.5) is 0 Å². The number of aliphatic carboxylic acids is 1. The van der Waals surface area contributed by atoms with Crippen LogP contribution in [0, 0.1) is 5.92 Å². The molecule has 3 heterocycles. The van der Waals surface area contributed by atoms with E-state index in [0.717, 1.165) is 37.1 Å². The third kappa shape index (κ3) is 7.68. The molecular weight excluding hydrogens is 524 g/mol. The number of pyridine rings is 1. The number of fused-ring (bicyclic) bond motifs is 1. The minimum absolute atomic E-state index is 0.0492. The van der Waals surface area contributed by atoms with E-state index in [1.165, 1.54) is 0 Å². The Morgan fingerprint density at radius 2 is 1.95 bits per heavy atom. The number of amides is 1. The van der Waals surface area contributed by atoms with Gasteiger partial charge in [0.2, 0.25) is 18.4 Å². The van der Waals surface area contributed by atoms with Gasteiger partial charge in [-0.05, 0) is 76.2 Å². The number of aryl methyl sites for hydroxylation is 1. The number of benzene rings is 1. The zero-order valence-electron chi connectivity index (χ0n) is 24.8. The Bertz CT molecular complexity index is 1160. The summed E-state index contributed by atoms with van der Waals surface area (Å²) in [6.07, 6.45) is 5.79. The highest BCUT2D eigenvalue weighted by Crippen LogP contribution is 2.47. The van der Waals surface area contributed by atoms with E-state index in [0.29, 0.717) is 49.7 Å². The van der Waals surface area contributed by atoms with Crippen molar-refractivity contribution in [2.75, 3.05) is 60.7 Å². The summed E-state index contributed by atoms with van der Waals surface area (Å²) in [6, 6.07) is 9.14. The van der Waals surface area contributed by atoms with Gasteiger partial charge in [0.25, 0.3) is 0 Å². The predicted octanol–water partition coefficient (Wildman–Crippen LogP) is 3.50. The van der Waals surface area contributed by atoms with Crippen molar-refractivity contribution in [3.8, 4) is 17.2 Å². The van der Waals surface area contributed by atoms with E-state index in [1.807, 2.05) is 49.3 Å². The Labute approximate surface area is 243 Å². The van der Waals surface area contributed by atoms with Crippen molar-refractivity contribution in [3.63, 3.8) is 0 Å². The number of nitrogens with zero attached hydrogens (tertiary/aromatic N) is 4. The molecule has 2 aromatic rings. The molecule has 0 radical (unpaired) electrons. The zero-order valence-corrected chi connectivity index (χ0v) is 24.8. The first-order valence-electron chi connectivity index (χ1n) is 14.6. The molecular formula is C31H44N4O6. The Morgan fingerprint density at radius 1 is 1.15 bits per heavy atom. The summed E-state index contributed by atoms with van der Waals surface area (Å²) in [5.74, 6) is -0.289. The number of carbonyl (C=O) groups excluding carboxylic acids is 1. The lowest BCUT2D eigenvalue weighted by molar-refractivity contribution is -0.143. The third-order valence-corrected chi connectivity index (χ3v) is 8.07. The van der Waals surface area contributed by atoms with E-state index < -0.39 is 11.9 Å². The van der Waals surface area contributed by atoms with Crippen LogP contribution in [0.2, 0.25) is 0 Å². The lowest BCUT2D eigenvalue weighted by atomic mass is 9.83. The highest BCUT2D eigenvalue weighted by atomic mass is 16.7. The molecule has 2 aliphatic rings. The van der Waals surface area contributed by atoms with E-state index in [4.69, 9.17) is 14.2 Å². The Morgan fingerprint density at radius 3 is 2.63 bits per heavy atom. The van der Waals surface area contributed by atoms with E-state index in [1.54, 1.807) is 13.3 Å². The van der Waals surface area contributed by atoms with Gasteiger partial charge in [0.15, 0.2) is 11.5 Å². The number of carboxylic acid groups (broad SMARTS) is 1. The van der Waals surface area contributed by atoms with Crippen LogP contribution in [-0.4, -0.2) is 103 Å². The molecule has 0 aliphatic carbocycles. The molecule has 10 nitrogen and oxygen atoms in total. The average Bonchev–Trinajstić information content (AvgIpc) is 3.58. The third-order valence-electron chi connectivity index (χ3n) is 8.07.